The van der Waals surface area contributed by atoms with Crippen molar-refractivity contribution >= 4 is 17.6 Å². The second-order valence-electron chi connectivity index (χ2n) is 3.40. The Kier molecular flexibility index (Phi) is 4.63. The second-order valence-corrected chi connectivity index (χ2v) is 3.84. The van der Waals surface area contributed by atoms with E-state index in [1.54, 1.807) is 19.2 Å². The van der Waals surface area contributed by atoms with Crippen LogP contribution in [-0.4, -0.2) is 27.3 Å². The zero-order valence-electron chi connectivity index (χ0n) is 10.2. The summed E-state index contributed by atoms with van der Waals surface area (Å²) in [7, 11) is 4.38. The Morgan fingerprint density at radius 3 is 2.35 bits per heavy atom. The lowest BCUT2D eigenvalue weighted by atomic mass is 10.1. The van der Waals surface area contributed by atoms with Crippen LogP contribution in [0.15, 0.2) is 12.1 Å². The van der Waals surface area contributed by atoms with Crippen molar-refractivity contribution < 1.29 is 19.0 Å². The first-order valence-corrected chi connectivity index (χ1v) is 5.43. The minimum Gasteiger partial charge on any atom is -0.496 e. The van der Waals surface area contributed by atoms with Crippen molar-refractivity contribution in [2.24, 2.45) is 0 Å². The van der Waals surface area contributed by atoms with E-state index >= 15 is 0 Å². The van der Waals surface area contributed by atoms with Gasteiger partial charge in [0.25, 0.3) is 0 Å². The fourth-order valence-electron chi connectivity index (χ4n) is 1.62. The molecule has 0 fully saturated rings. The van der Waals surface area contributed by atoms with Crippen LogP contribution in [0.5, 0.6) is 11.5 Å². The van der Waals surface area contributed by atoms with Crippen LogP contribution in [0.4, 0.5) is 0 Å². The molecular weight excluding hydrogens is 244 g/mol. The summed E-state index contributed by atoms with van der Waals surface area (Å²) in [6.45, 7) is 1.84. The normalized spacial score (nSPS) is 11.8. The SMILES string of the molecule is COC(=O)C(Cl)c1ccc(OC)c(C)c1OC. The summed E-state index contributed by atoms with van der Waals surface area (Å²) in [5.41, 5.74) is 1.36. The lowest BCUT2D eigenvalue weighted by Gasteiger charge is -2.16. The maximum atomic E-state index is 11.4. The predicted molar refractivity (Wildman–Crippen MR) is 64.9 cm³/mol. The summed E-state index contributed by atoms with van der Waals surface area (Å²) < 4.78 is 15.0. The third-order valence-electron chi connectivity index (χ3n) is 2.49. The van der Waals surface area contributed by atoms with Gasteiger partial charge in [0.05, 0.1) is 21.3 Å². The van der Waals surface area contributed by atoms with Crippen LogP contribution in [0.25, 0.3) is 0 Å². The summed E-state index contributed by atoms with van der Waals surface area (Å²) in [5, 5.41) is -0.889. The lowest BCUT2D eigenvalue weighted by Crippen LogP contribution is -2.10. The van der Waals surface area contributed by atoms with Gasteiger partial charge in [-0.1, -0.05) is 0 Å². The predicted octanol–water partition coefficient (Wildman–Crippen LogP) is 2.47. The molecule has 0 aliphatic heterocycles. The second kappa shape index (κ2) is 5.77. The van der Waals surface area contributed by atoms with E-state index in [2.05, 4.69) is 4.74 Å². The number of esters is 1. The molecule has 0 aromatic heterocycles. The summed E-state index contributed by atoms with van der Waals surface area (Å²) in [4.78, 5) is 11.4. The first-order valence-electron chi connectivity index (χ1n) is 5.00. The molecule has 4 nitrogen and oxygen atoms in total. The number of ether oxygens (including phenoxy) is 3. The first kappa shape index (κ1) is 13.6. The highest BCUT2D eigenvalue weighted by Crippen LogP contribution is 2.37. The Balaban J connectivity index is 3.25. The molecule has 0 amide bonds. The Labute approximate surface area is 105 Å². The van der Waals surface area contributed by atoms with Gasteiger partial charge in [0.2, 0.25) is 0 Å². The largest absolute Gasteiger partial charge is 0.496 e. The average molecular weight is 259 g/mol. The summed E-state index contributed by atoms with van der Waals surface area (Å²) in [6.07, 6.45) is 0. The van der Waals surface area contributed by atoms with Crippen molar-refractivity contribution in [1.29, 1.82) is 0 Å². The van der Waals surface area contributed by atoms with E-state index in [0.717, 1.165) is 5.56 Å². The zero-order valence-corrected chi connectivity index (χ0v) is 11.0. The van der Waals surface area contributed by atoms with E-state index in [9.17, 15) is 4.79 Å². The van der Waals surface area contributed by atoms with E-state index in [-0.39, 0.29) is 0 Å². The van der Waals surface area contributed by atoms with Crippen LogP contribution in [0.2, 0.25) is 0 Å². The summed E-state index contributed by atoms with van der Waals surface area (Å²) in [5.74, 6) is 0.698. The van der Waals surface area contributed by atoms with Gasteiger partial charge in [-0.15, -0.1) is 11.6 Å². The van der Waals surface area contributed by atoms with Gasteiger partial charge in [0, 0.05) is 11.1 Å². The fraction of sp³-hybridized carbons (Fsp3) is 0.417. The molecule has 1 aromatic rings. The third kappa shape index (κ3) is 2.64. The standard InChI is InChI=1S/C12H15ClO4/c1-7-9(15-2)6-5-8(11(7)16-3)10(13)12(14)17-4/h5-6,10H,1-4H3. The average Bonchev–Trinajstić information content (AvgIpc) is 2.36. The van der Waals surface area contributed by atoms with Crippen molar-refractivity contribution in [2.45, 2.75) is 12.3 Å². The molecule has 0 spiro atoms. The lowest BCUT2D eigenvalue weighted by molar-refractivity contribution is -0.140. The van der Waals surface area contributed by atoms with Crippen molar-refractivity contribution in [3.05, 3.63) is 23.3 Å². The van der Waals surface area contributed by atoms with Gasteiger partial charge < -0.3 is 14.2 Å². The number of carbonyl (C=O) groups excluding carboxylic acids is 1. The van der Waals surface area contributed by atoms with Crippen LogP contribution in [0.1, 0.15) is 16.5 Å². The first-order chi connectivity index (χ1) is 8.06. The van der Waals surface area contributed by atoms with Crippen LogP contribution < -0.4 is 9.47 Å². The molecule has 0 N–H and O–H groups in total. The fourth-order valence-corrected chi connectivity index (χ4v) is 1.88. The zero-order chi connectivity index (χ0) is 13.0. The third-order valence-corrected chi connectivity index (χ3v) is 2.91. The maximum Gasteiger partial charge on any atom is 0.328 e. The van der Waals surface area contributed by atoms with Gasteiger partial charge in [-0.25, -0.2) is 0 Å². The van der Waals surface area contributed by atoms with Crippen molar-refractivity contribution in [2.75, 3.05) is 21.3 Å². The number of alkyl halides is 1. The van der Waals surface area contributed by atoms with Gasteiger partial charge in [-0.3, -0.25) is 4.79 Å². The van der Waals surface area contributed by atoms with Crippen LogP contribution in [0, 0.1) is 6.92 Å². The maximum absolute atomic E-state index is 11.4. The monoisotopic (exact) mass is 258 g/mol. The van der Waals surface area contributed by atoms with Gasteiger partial charge in [0.15, 0.2) is 5.38 Å². The molecule has 1 rings (SSSR count). The van der Waals surface area contributed by atoms with E-state index in [4.69, 9.17) is 21.1 Å². The summed E-state index contributed by atoms with van der Waals surface area (Å²) >= 11 is 6.01. The number of benzene rings is 1. The molecule has 0 radical (unpaired) electrons. The molecule has 5 heteroatoms. The van der Waals surface area contributed by atoms with E-state index in [1.807, 2.05) is 6.92 Å². The van der Waals surface area contributed by atoms with E-state index in [1.165, 1.54) is 14.2 Å². The molecule has 17 heavy (non-hydrogen) atoms. The van der Waals surface area contributed by atoms with Crippen LogP contribution in [-0.2, 0) is 9.53 Å². The number of rotatable bonds is 4. The molecule has 0 saturated carbocycles. The van der Waals surface area contributed by atoms with Gasteiger partial charge in [-0.2, -0.15) is 0 Å². The number of hydrogen-bond acceptors (Lipinski definition) is 4. The Morgan fingerprint density at radius 2 is 1.88 bits per heavy atom. The Bertz CT molecular complexity index is 417. The minimum absolute atomic E-state index is 0.519. The Morgan fingerprint density at radius 1 is 1.24 bits per heavy atom. The molecule has 1 atom stereocenters. The molecule has 0 saturated heterocycles. The molecule has 0 aliphatic carbocycles. The van der Waals surface area contributed by atoms with Crippen molar-refractivity contribution in [1.82, 2.24) is 0 Å². The Hall–Kier alpha value is -1.42. The van der Waals surface area contributed by atoms with E-state index < -0.39 is 11.3 Å². The molecule has 0 aliphatic rings. The quantitative estimate of drug-likeness (QED) is 0.615. The van der Waals surface area contributed by atoms with Crippen molar-refractivity contribution in [3.63, 3.8) is 0 Å². The topological polar surface area (TPSA) is 44.8 Å². The highest BCUT2D eigenvalue weighted by atomic mass is 35.5. The number of carbonyl (C=O) groups is 1. The summed E-state index contributed by atoms with van der Waals surface area (Å²) in [6, 6.07) is 3.44. The molecular formula is C12H15ClO4. The van der Waals surface area contributed by atoms with Crippen molar-refractivity contribution in [3.8, 4) is 11.5 Å². The van der Waals surface area contributed by atoms with Crippen LogP contribution >= 0.6 is 11.6 Å². The number of halogens is 1. The van der Waals surface area contributed by atoms with E-state index in [0.29, 0.717) is 17.1 Å². The smallest absolute Gasteiger partial charge is 0.328 e. The molecule has 0 heterocycles. The van der Waals surface area contributed by atoms with Gasteiger partial charge >= 0.3 is 5.97 Å². The van der Waals surface area contributed by atoms with Gasteiger partial charge in [-0.05, 0) is 19.1 Å². The molecule has 1 unspecified atom stereocenters. The molecule has 94 valence electrons. The minimum atomic E-state index is -0.889. The highest BCUT2D eigenvalue weighted by molar-refractivity contribution is 6.30. The molecule has 0 bridgehead atoms. The number of hydrogen-bond donors (Lipinski definition) is 0. The molecule has 1 aromatic carbocycles. The number of methoxy groups -OCH3 is 3. The highest BCUT2D eigenvalue weighted by Gasteiger charge is 2.24. The van der Waals surface area contributed by atoms with Crippen LogP contribution in [0.3, 0.4) is 0 Å². The van der Waals surface area contributed by atoms with Gasteiger partial charge in [0.1, 0.15) is 11.5 Å².